The molecule has 2 unspecified atom stereocenters. The molecule has 1 N–H and O–H groups in total. The molecule has 0 aromatic carbocycles. The minimum absolute atomic E-state index is 0.777. The molecule has 0 spiro atoms. The Bertz CT molecular complexity index is 216. The van der Waals surface area contributed by atoms with Crippen LogP contribution in [-0.4, -0.2) is 12.6 Å². The Balaban J connectivity index is 2.44. The van der Waals surface area contributed by atoms with E-state index in [2.05, 4.69) is 39.9 Å². The minimum Gasteiger partial charge on any atom is -0.314 e. The van der Waals surface area contributed by atoms with Crippen LogP contribution in [0.1, 0.15) is 79.6 Å². The molecular formula is C18H37N. The maximum atomic E-state index is 3.79. The van der Waals surface area contributed by atoms with E-state index in [1.165, 1.54) is 44.9 Å². The topological polar surface area (TPSA) is 12.0 Å². The van der Waals surface area contributed by atoms with Crippen molar-refractivity contribution >= 4 is 0 Å². The van der Waals surface area contributed by atoms with E-state index in [9.17, 15) is 0 Å². The highest BCUT2D eigenvalue weighted by Gasteiger charge is 2.28. The van der Waals surface area contributed by atoms with Gasteiger partial charge in [-0.2, -0.15) is 0 Å². The summed E-state index contributed by atoms with van der Waals surface area (Å²) >= 11 is 0. The van der Waals surface area contributed by atoms with E-state index in [0.29, 0.717) is 0 Å². The molecule has 1 aliphatic carbocycles. The van der Waals surface area contributed by atoms with Crippen LogP contribution in [0.25, 0.3) is 0 Å². The Morgan fingerprint density at radius 2 is 1.53 bits per heavy atom. The van der Waals surface area contributed by atoms with Crippen LogP contribution in [0.4, 0.5) is 0 Å². The van der Waals surface area contributed by atoms with Crippen molar-refractivity contribution in [2.45, 2.75) is 85.6 Å². The second-order valence-corrected chi connectivity index (χ2v) is 7.21. The Hall–Kier alpha value is -0.0400. The molecule has 1 fully saturated rings. The number of nitrogens with one attached hydrogen (secondary N) is 1. The average molecular weight is 268 g/mol. The van der Waals surface area contributed by atoms with Gasteiger partial charge in [-0.15, -0.1) is 0 Å². The fraction of sp³-hybridized carbons (Fsp3) is 1.00. The van der Waals surface area contributed by atoms with Gasteiger partial charge < -0.3 is 5.32 Å². The SMILES string of the molecule is CCCC(C)CC(NCC)C1CCC(C(C)C)CC1. The van der Waals surface area contributed by atoms with Gasteiger partial charge in [-0.05, 0) is 62.3 Å². The molecule has 1 rings (SSSR count). The van der Waals surface area contributed by atoms with Crippen LogP contribution in [0.15, 0.2) is 0 Å². The molecule has 0 aliphatic heterocycles. The van der Waals surface area contributed by atoms with Crippen molar-refractivity contribution in [1.82, 2.24) is 5.32 Å². The van der Waals surface area contributed by atoms with Crippen molar-refractivity contribution in [2.75, 3.05) is 6.54 Å². The third-order valence-corrected chi connectivity index (χ3v) is 5.23. The highest BCUT2D eigenvalue weighted by atomic mass is 14.9. The monoisotopic (exact) mass is 267 g/mol. The normalized spacial score (nSPS) is 27.5. The van der Waals surface area contributed by atoms with E-state index >= 15 is 0 Å². The Labute approximate surface area is 121 Å². The molecule has 1 saturated carbocycles. The molecule has 0 aromatic heterocycles. The summed E-state index contributed by atoms with van der Waals surface area (Å²) in [5, 5.41) is 3.79. The van der Waals surface area contributed by atoms with E-state index in [-0.39, 0.29) is 0 Å². The third-order valence-electron chi connectivity index (χ3n) is 5.23. The first kappa shape index (κ1) is 17.0. The number of hydrogen-bond acceptors (Lipinski definition) is 1. The van der Waals surface area contributed by atoms with Crippen molar-refractivity contribution in [3.63, 3.8) is 0 Å². The lowest BCUT2D eigenvalue weighted by Crippen LogP contribution is -2.39. The Morgan fingerprint density at radius 3 is 2.00 bits per heavy atom. The first-order valence-electron chi connectivity index (χ1n) is 8.81. The van der Waals surface area contributed by atoms with Crippen LogP contribution in [-0.2, 0) is 0 Å². The summed E-state index contributed by atoms with van der Waals surface area (Å²) in [6.45, 7) is 12.9. The van der Waals surface area contributed by atoms with E-state index in [1.54, 1.807) is 0 Å². The zero-order valence-electron chi connectivity index (χ0n) is 14.0. The van der Waals surface area contributed by atoms with Gasteiger partial charge in [0.15, 0.2) is 0 Å². The first-order valence-corrected chi connectivity index (χ1v) is 8.81. The lowest BCUT2D eigenvalue weighted by atomic mass is 9.73. The first-order chi connectivity index (χ1) is 9.08. The molecule has 0 heterocycles. The highest BCUT2D eigenvalue weighted by Crippen LogP contribution is 2.36. The van der Waals surface area contributed by atoms with Gasteiger partial charge in [-0.3, -0.25) is 0 Å². The molecule has 19 heavy (non-hydrogen) atoms. The van der Waals surface area contributed by atoms with Crippen molar-refractivity contribution in [2.24, 2.45) is 23.7 Å². The van der Waals surface area contributed by atoms with E-state index in [0.717, 1.165) is 36.3 Å². The summed E-state index contributed by atoms with van der Waals surface area (Å²) in [6, 6.07) is 0.777. The van der Waals surface area contributed by atoms with Gasteiger partial charge in [0.1, 0.15) is 0 Å². The number of hydrogen-bond donors (Lipinski definition) is 1. The second-order valence-electron chi connectivity index (χ2n) is 7.21. The summed E-state index contributed by atoms with van der Waals surface area (Å²) < 4.78 is 0. The molecule has 0 bridgehead atoms. The lowest BCUT2D eigenvalue weighted by Gasteiger charge is -2.36. The molecule has 1 nitrogen and oxygen atoms in total. The van der Waals surface area contributed by atoms with Crippen LogP contribution < -0.4 is 5.32 Å². The zero-order chi connectivity index (χ0) is 14.3. The largest absolute Gasteiger partial charge is 0.314 e. The van der Waals surface area contributed by atoms with Crippen LogP contribution in [0, 0.1) is 23.7 Å². The van der Waals surface area contributed by atoms with Crippen molar-refractivity contribution in [3.8, 4) is 0 Å². The van der Waals surface area contributed by atoms with Gasteiger partial charge in [0, 0.05) is 6.04 Å². The predicted octanol–water partition coefficient (Wildman–Crippen LogP) is 5.25. The van der Waals surface area contributed by atoms with Crippen molar-refractivity contribution in [3.05, 3.63) is 0 Å². The summed E-state index contributed by atoms with van der Waals surface area (Å²) in [7, 11) is 0. The second kappa shape index (κ2) is 9.00. The summed E-state index contributed by atoms with van der Waals surface area (Å²) in [5.41, 5.74) is 0. The summed E-state index contributed by atoms with van der Waals surface area (Å²) in [4.78, 5) is 0. The summed E-state index contributed by atoms with van der Waals surface area (Å²) in [5.74, 6) is 3.70. The fourth-order valence-corrected chi connectivity index (χ4v) is 3.96. The molecule has 0 amide bonds. The Kier molecular flexibility index (Phi) is 8.06. The Morgan fingerprint density at radius 1 is 0.947 bits per heavy atom. The van der Waals surface area contributed by atoms with Gasteiger partial charge in [-0.1, -0.05) is 47.5 Å². The van der Waals surface area contributed by atoms with Crippen LogP contribution in [0.3, 0.4) is 0 Å². The van der Waals surface area contributed by atoms with Gasteiger partial charge in [-0.25, -0.2) is 0 Å². The van der Waals surface area contributed by atoms with E-state index in [1.807, 2.05) is 0 Å². The highest BCUT2D eigenvalue weighted by molar-refractivity contribution is 4.83. The lowest BCUT2D eigenvalue weighted by molar-refractivity contribution is 0.175. The van der Waals surface area contributed by atoms with Gasteiger partial charge >= 0.3 is 0 Å². The average Bonchev–Trinajstić information content (AvgIpc) is 2.38. The third kappa shape index (κ3) is 5.85. The molecular weight excluding hydrogens is 230 g/mol. The van der Waals surface area contributed by atoms with Crippen molar-refractivity contribution in [1.29, 1.82) is 0 Å². The van der Waals surface area contributed by atoms with Gasteiger partial charge in [0.25, 0.3) is 0 Å². The predicted molar refractivity (Wildman–Crippen MR) is 86.4 cm³/mol. The van der Waals surface area contributed by atoms with Crippen LogP contribution in [0.2, 0.25) is 0 Å². The van der Waals surface area contributed by atoms with Gasteiger partial charge in [0.05, 0.1) is 0 Å². The molecule has 114 valence electrons. The minimum atomic E-state index is 0.777. The smallest absolute Gasteiger partial charge is 0.00977 e. The van der Waals surface area contributed by atoms with Crippen LogP contribution in [0.5, 0.6) is 0 Å². The van der Waals surface area contributed by atoms with Crippen molar-refractivity contribution < 1.29 is 0 Å². The maximum absolute atomic E-state index is 3.79. The molecule has 2 atom stereocenters. The summed E-state index contributed by atoms with van der Waals surface area (Å²) in [6.07, 6.45) is 9.96. The fourth-order valence-electron chi connectivity index (χ4n) is 3.96. The maximum Gasteiger partial charge on any atom is 0.00977 e. The van der Waals surface area contributed by atoms with Gasteiger partial charge in [0.2, 0.25) is 0 Å². The molecule has 1 aliphatic rings. The molecule has 0 aromatic rings. The molecule has 0 saturated heterocycles. The molecule has 0 radical (unpaired) electrons. The zero-order valence-corrected chi connectivity index (χ0v) is 14.0. The standard InChI is InChI=1S/C18H37N/c1-6-8-15(5)13-18(19-7-2)17-11-9-16(10-12-17)14(3)4/h14-19H,6-13H2,1-5H3. The van der Waals surface area contributed by atoms with E-state index in [4.69, 9.17) is 0 Å². The van der Waals surface area contributed by atoms with Crippen LogP contribution >= 0.6 is 0 Å². The number of rotatable bonds is 8. The molecule has 1 heteroatoms. The quantitative estimate of drug-likeness (QED) is 0.633. The van der Waals surface area contributed by atoms with E-state index < -0.39 is 0 Å².